The Morgan fingerprint density at radius 1 is 1.14 bits per heavy atom. The largest absolute Gasteiger partial charge is 0.473 e. The number of rotatable bonds is 9. The molecule has 0 bridgehead atoms. The molecule has 13 heteroatoms. The molecule has 0 amide bonds. The fourth-order valence-corrected chi connectivity index (χ4v) is 6.30. The third-order valence-corrected chi connectivity index (χ3v) is 8.81. The van der Waals surface area contributed by atoms with Crippen LogP contribution in [-0.4, -0.2) is 67.7 Å². The summed E-state index contributed by atoms with van der Waals surface area (Å²) < 4.78 is 27.2. The van der Waals surface area contributed by atoms with E-state index in [1.165, 1.54) is 13.2 Å². The number of benzene rings is 2. The van der Waals surface area contributed by atoms with E-state index >= 15 is 0 Å². The van der Waals surface area contributed by atoms with Gasteiger partial charge in [-0.05, 0) is 36.8 Å². The topological polar surface area (TPSA) is 122 Å². The van der Waals surface area contributed by atoms with Crippen molar-refractivity contribution in [2.75, 3.05) is 25.1 Å². The van der Waals surface area contributed by atoms with Gasteiger partial charge in [0.15, 0.2) is 0 Å². The van der Waals surface area contributed by atoms with Gasteiger partial charge in [-0.2, -0.15) is 10.2 Å². The molecule has 222 valence electrons. The molecule has 11 nitrogen and oxygen atoms in total. The van der Waals surface area contributed by atoms with Crippen molar-refractivity contribution in [1.29, 1.82) is 5.26 Å². The van der Waals surface area contributed by atoms with Gasteiger partial charge in [0.1, 0.15) is 18.2 Å². The maximum absolute atomic E-state index is 14.3. The summed E-state index contributed by atoms with van der Waals surface area (Å²) in [5, 5.41) is 8.96. The average molecular weight is 611 g/mol. The van der Waals surface area contributed by atoms with E-state index < -0.39 is 5.82 Å². The van der Waals surface area contributed by atoms with Crippen molar-refractivity contribution < 1.29 is 18.7 Å². The van der Waals surface area contributed by atoms with Crippen LogP contribution in [0, 0.1) is 17.1 Å². The van der Waals surface area contributed by atoms with E-state index in [0.717, 1.165) is 41.2 Å². The number of anilines is 1. The zero-order valence-corrected chi connectivity index (χ0v) is 24.6. The van der Waals surface area contributed by atoms with Gasteiger partial charge >= 0.3 is 5.97 Å². The number of aromatic nitrogens is 5. The number of thiazole rings is 1. The number of esters is 1. The third kappa shape index (κ3) is 5.45. The molecule has 3 aromatic heterocycles. The first-order chi connectivity index (χ1) is 21.5. The van der Waals surface area contributed by atoms with Gasteiger partial charge in [0.05, 0.1) is 53.9 Å². The molecule has 1 aliphatic heterocycles. The van der Waals surface area contributed by atoms with E-state index in [1.54, 1.807) is 41.8 Å². The van der Waals surface area contributed by atoms with Gasteiger partial charge in [0.2, 0.25) is 11.8 Å². The quantitative estimate of drug-likeness (QED) is 0.225. The first-order valence-corrected chi connectivity index (χ1v) is 15.0. The average Bonchev–Trinajstić information content (AvgIpc) is 3.56. The SMILES string of the molecule is COC(=O)c1ccc2nc(CN3CCN(c4nccc(OCc5ccc(C#N)cc5F)n4)C4CC43)n(Cc3cncs3)c2c1. The maximum Gasteiger partial charge on any atom is 0.337 e. The minimum Gasteiger partial charge on any atom is -0.473 e. The molecule has 2 unspecified atom stereocenters. The van der Waals surface area contributed by atoms with Crippen LogP contribution in [0.3, 0.4) is 0 Å². The standard InChI is InChI=1S/C31H27FN8O3S/c1-42-30(41)20-4-5-24-25(11-20)40(15-22-14-34-18-44-22)28(36-24)16-38-8-9-39(27-12-26(27)38)31-35-7-6-29(37-31)43-17-21-3-2-19(13-33)10-23(21)32/h2-7,10-11,14,18,26-27H,8-9,12,15-17H2,1H3. The van der Waals surface area contributed by atoms with E-state index in [9.17, 15) is 9.18 Å². The Morgan fingerprint density at radius 2 is 2.05 bits per heavy atom. The molecule has 1 saturated heterocycles. The molecular weight excluding hydrogens is 583 g/mol. The van der Waals surface area contributed by atoms with Gasteiger partial charge in [-0.15, -0.1) is 11.3 Å². The van der Waals surface area contributed by atoms with Crippen molar-refractivity contribution >= 4 is 34.3 Å². The Labute approximate surface area is 256 Å². The number of halogens is 1. The zero-order chi connectivity index (χ0) is 30.2. The number of imidazole rings is 1. The molecule has 0 spiro atoms. The van der Waals surface area contributed by atoms with Crippen molar-refractivity contribution in [2.45, 2.75) is 38.2 Å². The molecule has 7 rings (SSSR count). The van der Waals surface area contributed by atoms with Gasteiger partial charge in [-0.25, -0.2) is 19.2 Å². The van der Waals surface area contributed by atoms with E-state index in [-0.39, 0.29) is 24.2 Å². The van der Waals surface area contributed by atoms with Crippen LogP contribution in [0.1, 0.15) is 38.6 Å². The molecule has 44 heavy (non-hydrogen) atoms. The Bertz CT molecular complexity index is 1890. The molecule has 0 radical (unpaired) electrons. The van der Waals surface area contributed by atoms with Crippen LogP contribution in [0.2, 0.25) is 0 Å². The van der Waals surface area contributed by atoms with Crippen molar-refractivity contribution in [3.63, 3.8) is 0 Å². The molecule has 2 aliphatic rings. The predicted molar refractivity (Wildman–Crippen MR) is 160 cm³/mol. The van der Waals surface area contributed by atoms with E-state index in [0.29, 0.717) is 42.1 Å². The monoisotopic (exact) mass is 610 g/mol. The van der Waals surface area contributed by atoms with Crippen molar-refractivity contribution in [2.24, 2.45) is 0 Å². The Morgan fingerprint density at radius 3 is 2.84 bits per heavy atom. The number of fused-ring (bicyclic) bond motifs is 2. The molecule has 1 aliphatic carbocycles. The summed E-state index contributed by atoms with van der Waals surface area (Å²) in [6.07, 6.45) is 4.49. The van der Waals surface area contributed by atoms with Crippen molar-refractivity contribution in [1.82, 2.24) is 29.4 Å². The highest BCUT2D eigenvalue weighted by molar-refractivity contribution is 7.09. The lowest BCUT2D eigenvalue weighted by molar-refractivity contribution is 0.0601. The summed E-state index contributed by atoms with van der Waals surface area (Å²) in [6, 6.07) is 14.0. The lowest BCUT2D eigenvalue weighted by atomic mass is 10.1. The minimum atomic E-state index is -0.486. The zero-order valence-electron chi connectivity index (χ0n) is 23.8. The van der Waals surface area contributed by atoms with Crippen LogP contribution < -0.4 is 9.64 Å². The summed E-state index contributed by atoms with van der Waals surface area (Å²) >= 11 is 1.59. The Hall–Kier alpha value is -4.93. The number of nitriles is 1. The van der Waals surface area contributed by atoms with Crippen molar-refractivity contribution in [3.8, 4) is 11.9 Å². The fourth-order valence-electron chi connectivity index (χ4n) is 5.72. The number of hydrogen-bond acceptors (Lipinski definition) is 11. The number of nitrogens with zero attached hydrogens (tertiary/aromatic N) is 8. The second kappa shape index (κ2) is 11.6. The molecule has 2 atom stereocenters. The van der Waals surface area contributed by atoms with Gasteiger partial charge in [0, 0.05) is 54.1 Å². The van der Waals surface area contributed by atoms with E-state index in [4.69, 9.17) is 19.7 Å². The summed E-state index contributed by atoms with van der Waals surface area (Å²) in [5.41, 5.74) is 4.63. The molecule has 0 N–H and O–H groups in total. The molecule has 2 aromatic carbocycles. The van der Waals surface area contributed by atoms with Gasteiger partial charge in [-0.3, -0.25) is 9.88 Å². The summed E-state index contributed by atoms with van der Waals surface area (Å²) in [4.78, 5) is 36.3. The summed E-state index contributed by atoms with van der Waals surface area (Å²) in [7, 11) is 1.38. The Kier molecular flexibility index (Phi) is 7.37. The van der Waals surface area contributed by atoms with Crippen LogP contribution in [0.25, 0.3) is 11.0 Å². The molecule has 5 aromatic rings. The highest BCUT2D eigenvalue weighted by Gasteiger charge is 2.50. The highest BCUT2D eigenvalue weighted by atomic mass is 32.1. The van der Waals surface area contributed by atoms with Gasteiger partial charge in [-0.1, -0.05) is 6.07 Å². The number of hydrogen-bond donors (Lipinski definition) is 0. The number of carbonyl (C=O) groups excluding carboxylic acids is 1. The van der Waals surface area contributed by atoms with Crippen LogP contribution in [0.15, 0.2) is 60.4 Å². The number of carbonyl (C=O) groups is 1. The maximum atomic E-state index is 14.3. The first kappa shape index (κ1) is 27.9. The second-order valence-electron chi connectivity index (χ2n) is 10.7. The normalized spacial score (nSPS) is 17.7. The Balaban J connectivity index is 1.06. The first-order valence-electron chi connectivity index (χ1n) is 14.1. The van der Waals surface area contributed by atoms with E-state index in [2.05, 4.69) is 29.3 Å². The van der Waals surface area contributed by atoms with Crippen LogP contribution in [-0.2, 0) is 24.4 Å². The highest BCUT2D eigenvalue weighted by Crippen LogP contribution is 2.39. The van der Waals surface area contributed by atoms with Crippen LogP contribution in [0.5, 0.6) is 5.88 Å². The molecular formula is C31H27FN8O3S. The third-order valence-electron chi connectivity index (χ3n) is 8.04. The fraction of sp³-hybridized carbons (Fsp3) is 0.290. The minimum absolute atomic E-state index is 0.00250. The van der Waals surface area contributed by atoms with Gasteiger partial charge < -0.3 is 18.9 Å². The van der Waals surface area contributed by atoms with Crippen molar-refractivity contribution in [3.05, 3.63) is 93.6 Å². The lowest BCUT2D eigenvalue weighted by Crippen LogP contribution is -2.46. The summed E-state index contributed by atoms with van der Waals surface area (Å²) in [5.74, 6) is 1.01. The van der Waals surface area contributed by atoms with Crippen LogP contribution >= 0.6 is 11.3 Å². The lowest BCUT2D eigenvalue weighted by Gasteiger charge is -2.34. The number of ether oxygens (including phenoxy) is 2. The molecule has 1 saturated carbocycles. The number of methoxy groups -OCH3 is 1. The van der Waals surface area contributed by atoms with E-state index in [1.807, 2.05) is 29.9 Å². The summed E-state index contributed by atoms with van der Waals surface area (Å²) in [6.45, 7) is 2.80. The molecule has 4 heterocycles. The second-order valence-corrected chi connectivity index (χ2v) is 11.7. The number of piperazine rings is 1. The van der Waals surface area contributed by atoms with Crippen LogP contribution in [0.4, 0.5) is 10.3 Å². The molecule has 2 fully saturated rings. The smallest absolute Gasteiger partial charge is 0.337 e. The van der Waals surface area contributed by atoms with Gasteiger partial charge in [0.25, 0.3) is 0 Å². The predicted octanol–water partition coefficient (Wildman–Crippen LogP) is 4.17.